The van der Waals surface area contributed by atoms with Gasteiger partial charge in [0, 0.05) is 30.9 Å². The highest BCUT2D eigenvalue weighted by Gasteiger charge is 2.57. The summed E-state index contributed by atoms with van der Waals surface area (Å²) in [5.74, 6) is -2.07. The second-order valence-electron chi connectivity index (χ2n) is 6.63. The van der Waals surface area contributed by atoms with Crippen molar-refractivity contribution in [3.63, 3.8) is 0 Å². The Kier molecular flexibility index (Phi) is 4.86. The summed E-state index contributed by atoms with van der Waals surface area (Å²) in [7, 11) is 0. The molecule has 27 heavy (non-hydrogen) atoms. The summed E-state index contributed by atoms with van der Waals surface area (Å²) in [6.45, 7) is 0.568. The van der Waals surface area contributed by atoms with Gasteiger partial charge in [-0.3, -0.25) is 9.36 Å². The minimum atomic E-state index is -5.04. The molecule has 0 unspecified atom stereocenters. The molecule has 5 nitrogen and oxygen atoms in total. The number of carbonyl (C=O) groups excluding carboxylic acids is 1. The molecule has 1 fully saturated rings. The van der Waals surface area contributed by atoms with E-state index in [0.29, 0.717) is 25.5 Å². The fourth-order valence-corrected chi connectivity index (χ4v) is 3.16. The molecule has 1 saturated heterocycles. The largest absolute Gasteiger partial charge is 0.426 e. The molecule has 0 bridgehead atoms. The number of alkyl halides is 3. The Bertz CT molecular complexity index is 877. The van der Waals surface area contributed by atoms with Gasteiger partial charge in [-0.15, -0.1) is 0 Å². The van der Waals surface area contributed by atoms with E-state index >= 15 is 0 Å². The molecule has 0 aromatic carbocycles. The summed E-state index contributed by atoms with van der Waals surface area (Å²) in [6.07, 6.45) is 1.76. The molecule has 1 aromatic rings. The number of nitrogens with zero attached hydrogens (tertiary/aromatic N) is 3. The Morgan fingerprint density at radius 3 is 2.59 bits per heavy atom. The van der Waals surface area contributed by atoms with Crippen LogP contribution >= 0.6 is 0 Å². The minimum absolute atomic E-state index is 0.0537. The van der Waals surface area contributed by atoms with Gasteiger partial charge in [0.25, 0.3) is 5.91 Å². The molecular formula is C18H17F4N3O2. The van der Waals surface area contributed by atoms with Crippen LogP contribution in [0.3, 0.4) is 0 Å². The van der Waals surface area contributed by atoms with Crippen molar-refractivity contribution in [2.75, 3.05) is 13.1 Å². The van der Waals surface area contributed by atoms with E-state index in [-0.39, 0.29) is 24.7 Å². The Morgan fingerprint density at radius 1 is 1.33 bits per heavy atom. The molecule has 1 aromatic heterocycles. The molecular weight excluding hydrogens is 366 g/mol. The lowest BCUT2D eigenvalue weighted by Gasteiger charge is -2.37. The van der Waals surface area contributed by atoms with E-state index in [1.807, 2.05) is 0 Å². The van der Waals surface area contributed by atoms with E-state index in [9.17, 15) is 27.5 Å². The summed E-state index contributed by atoms with van der Waals surface area (Å²) in [6, 6.07) is 0. The summed E-state index contributed by atoms with van der Waals surface area (Å²) in [5, 5.41) is 9.57. The van der Waals surface area contributed by atoms with Crippen molar-refractivity contribution in [3.8, 4) is 0 Å². The maximum Gasteiger partial charge on any atom is 0.426 e. The van der Waals surface area contributed by atoms with Gasteiger partial charge in [-0.25, -0.2) is 4.98 Å². The molecule has 0 spiro atoms. The van der Waals surface area contributed by atoms with Crippen LogP contribution < -0.4 is 0 Å². The highest BCUT2D eigenvalue weighted by Crippen LogP contribution is 2.35. The zero-order chi connectivity index (χ0) is 19.8. The highest BCUT2D eigenvalue weighted by molar-refractivity contribution is 5.85. The van der Waals surface area contributed by atoms with Crippen molar-refractivity contribution < 1.29 is 27.5 Å². The van der Waals surface area contributed by atoms with Crippen molar-refractivity contribution in [2.24, 2.45) is 0 Å². The minimum Gasteiger partial charge on any atom is -0.373 e. The Labute approximate surface area is 152 Å². The molecule has 2 heterocycles. The van der Waals surface area contributed by atoms with Crippen molar-refractivity contribution in [1.29, 1.82) is 0 Å². The van der Waals surface area contributed by atoms with E-state index < -0.39 is 23.5 Å². The summed E-state index contributed by atoms with van der Waals surface area (Å²) < 4.78 is 54.2. The van der Waals surface area contributed by atoms with Gasteiger partial charge in [0.05, 0.1) is 12.0 Å². The first-order chi connectivity index (χ1) is 12.6. The van der Waals surface area contributed by atoms with Crippen LogP contribution in [-0.4, -0.2) is 50.3 Å². The fourth-order valence-electron chi connectivity index (χ4n) is 3.16. The van der Waals surface area contributed by atoms with Crippen LogP contribution in [0.2, 0.25) is 0 Å². The van der Waals surface area contributed by atoms with Gasteiger partial charge >= 0.3 is 6.18 Å². The zero-order valence-electron chi connectivity index (χ0n) is 14.4. The molecule has 1 N–H and O–H groups in total. The first-order valence-electron chi connectivity index (χ1n) is 8.32. The van der Waals surface area contributed by atoms with Crippen LogP contribution in [0.25, 0.3) is 5.70 Å². The van der Waals surface area contributed by atoms with Crippen molar-refractivity contribution in [2.45, 2.75) is 37.5 Å². The molecule has 1 aliphatic heterocycles. The lowest BCUT2D eigenvalue weighted by Crippen LogP contribution is -2.57. The van der Waals surface area contributed by atoms with Crippen LogP contribution in [0.4, 0.5) is 17.6 Å². The van der Waals surface area contributed by atoms with Gasteiger partial charge in [0.15, 0.2) is 5.83 Å². The zero-order valence-corrected chi connectivity index (χ0v) is 14.4. The summed E-state index contributed by atoms with van der Waals surface area (Å²) >= 11 is 0. The number of hydrogen-bond donors (Lipinski definition) is 1. The van der Waals surface area contributed by atoms with E-state index in [1.165, 1.54) is 18.5 Å². The van der Waals surface area contributed by atoms with E-state index in [1.54, 1.807) is 10.8 Å². The van der Waals surface area contributed by atoms with Crippen molar-refractivity contribution >= 4 is 11.6 Å². The number of aliphatic hydroxyl groups is 1. The monoisotopic (exact) mass is 383 g/mol. The van der Waals surface area contributed by atoms with Gasteiger partial charge in [-0.2, -0.15) is 17.6 Å². The second kappa shape index (κ2) is 6.85. The number of carbonyl (C=O) groups is 1. The number of imidazole rings is 1. The highest BCUT2D eigenvalue weighted by atomic mass is 19.4. The molecule has 9 heteroatoms. The van der Waals surface area contributed by atoms with Gasteiger partial charge < -0.3 is 10.0 Å². The summed E-state index contributed by atoms with van der Waals surface area (Å²) in [5.41, 5.74) is 2.39. The average Bonchev–Trinajstić information content (AvgIpc) is 3.10. The topological polar surface area (TPSA) is 58.4 Å². The fraction of sp³-hybridized carbons (Fsp3) is 0.444. The molecule has 3 rings (SSSR count). The van der Waals surface area contributed by atoms with E-state index in [4.69, 9.17) is 0 Å². The lowest BCUT2D eigenvalue weighted by atomic mass is 9.92. The Hall–Kier alpha value is -2.60. The molecule has 1 atom stereocenters. The number of amides is 1. The third-order valence-electron chi connectivity index (χ3n) is 4.83. The van der Waals surface area contributed by atoms with E-state index in [2.05, 4.69) is 16.4 Å². The van der Waals surface area contributed by atoms with Crippen LogP contribution in [0, 0.1) is 0 Å². The third kappa shape index (κ3) is 3.49. The SMILES string of the molecule is C[C@@](O)(C(=O)N1CCC(c2cncn2C2=CC=C=C=C2F)CC1)C(F)(F)F. The lowest BCUT2D eigenvalue weighted by molar-refractivity contribution is -0.250. The van der Waals surface area contributed by atoms with Gasteiger partial charge in [-0.05, 0) is 37.6 Å². The first-order valence-corrected chi connectivity index (χ1v) is 8.32. The van der Waals surface area contributed by atoms with Crippen LogP contribution in [0.15, 0.2) is 42.0 Å². The number of aromatic nitrogens is 2. The maximum absolute atomic E-state index is 14.0. The van der Waals surface area contributed by atoms with Gasteiger partial charge in [0.2, 0.25) is 5.60 Å². The van der Waals surface area contributed by atoms with Crippen molar-refractivity contribution in [3.05, 3.63) is 47.7 Å². The smallest absolute Gasteiger partial charge is 0.373 e. The third-order valence-corrected chi connectivity index (χ3v) is 4.83. The number of halogens is 4. The van der Waals surface area contributed by atoms with Gasteiger partial charge in [0.1, 0.15) is 0 Å². The predicted octanol–water partition coefficient (Wildman–Crippen LogP) is 2.92. The first kappa shape index (κ1) is 19.2. The van der Waals surface area contributed by atoms with Crippen LogP contribution in [-0.2, 0) is 4.79 Å². The molecule has 0 saturated carbocycles. The molecule has 0 radical (unpaired) electrons. The average molecular weight is 383 g/mol. The summed E-state index contributed by atoms with van der Waals surface area (Å²) in [4.78, 5) is 17.1. The van der Waals surface area contributed by atoms with Crippen molar-refractivity contribution in [1.82, 2.24) is 14.5 Å². The van der Waals surface area contributed by atoms with Gasteiger partial charge in [-0.1, -0.05) is 5.73 Å². The number of piperidine rings is 1. The maximum atomic E-state index is 14.0. The standard InChI is InChI=1S/C18H17F4N3O2/c1-17(27,18(20,21)22)16(26)24-8-6-12(7-9-24)15-10-23-11-25(15)14-5-3-2-4-13(14)19/h3,5,10-12,27H,6-9H2,1H3/t17-/m1/s1. The quantitative estimate of drug-likeness (QED) is 0.645. The normalized spacial score (nSPS) is 20.3. The number of rotatable bonds is 3. The molecule has 2 aliphatic rings. The molecule has 1 amide bonds. The predicted molar refractivity (Wildman–Crippen MR) is 88.0 cm³/mol. The number of hydrogen-bond acceptors (Lipinski definition) is 3. The Balaban J connectivity index is 1.72. The molecule has 144 valence electrons. The van der Waals surface area contributed by atoms with E-state index in [0.717, 1.165) is 4.90 Å². The van der Waals surface area contributed by atoms with Crippen LogP contribution in [0.5, 0.6) is 0 Å². The van der Waals surface area contributed by atoms with Crippen LogP contribution in [0.1, 0.15) is 31.4 Å². The number of likely N-dealkylation sites (tertiary alicyclic amines) is 1. The number of allylic oxidation sites excluding steroid dienone is 4. The second-order valence-corrected chi connectivity index (χ2v) is 6.63. The molecule has 1 aliphatic carbocycles. The Morgan fingerprint density at radius 2 is 2.00 bits per heavy atom.